The van der Waals surface area contributed by atoms with Crippen LogP contribution in [0, 0.1) is 12.8 Å². The third-order valence-corrected chi connectivity index (χ3v) is 7.63. The second-order valence-electron chi connectivity index (χ2n) is 10.4. The van der Waals surface area contributed by atoms with Crippen LogP contribution in [-0.2, 0) is 0 Å². The maximum Gasteiger partial charge on any atom is 0.0370 e. The first-order valence-corrected chi connectivity index (χ1v) is 14.1. The van der Waals surface area contributed by atoms with E-state index in [2.05, 4.69) is 44.3 Å². The van der Waals surface area contributed by atoms with E-state index in [4.69, 9.17) is 0 Å². The predicted molar refractivity (Wildman–Crippen MR) is 140 cm³/mol. The fourth-order valence-electron chi connectivity index (χ4n) is 5.44. The van der Waals surface area contributed by atoms with Gasteiger partial charge < -0.3 is 5.32 Å². The van der Waals surface area contributed by atoms with Crippen molar-refractivity contribution in [3.8, 4) is 0 Å². The van der Waals surface area contributed by atoms with Crippen molar-refractivity contribution in [2.24, 2.45) is 5.92 Å². The molecule has 0 amide bonds. The van der Waals surface area contributed by atoms with E-state index in [0.717, 1.165) is 18.4 Å². The molecule has 31 heavy (non-hydrogen) atoms. The summed E-state index contributed by atoms with van der Waals surface area (Å²) >= 11 is 0. The fourth-order valence-corrected chi connectivity index (χ4v) is 5.44. The number of aryl methyl sites for hydroxylation is 1. The van der Waals surface area contributed by atoms with Crippen LogP contribution in [-0.4, -0.2) is 6.54 Å². The van der Waals surface area contributed by atoms with Crippen molar-refractivity contribution >= 4 is 5.69 Å². The molecule has 2 rings (SSSR count). The average molecular weight is 428 g/mol. The van der Waals surface area contributed by atoms with Gasteiger partial charge in [-0.1, -0.05) is 109 Å². The molecule has 0 spiro atoms. The molecule has 0 saturated heterocycles. The Morgan fingerprint density at radius 3 is 1.90 bits per heavy atom. The molecule has 0 aromatic heterocycles. The second kappa shape index (κ2) is 16.6. The molecule has 0 atom stereocenters. The number of rotatable bonds is 17. The Labute approximate surface area is 195 Å². The summed E-state index contributed by atoms with van der Waals surface area (Å²) in [5.74, 6) is 1.81. The maximum atomic E-state index is 3.69. The van der Waals surface area contributed by atoms with Crippen molar-refractivity contribution in [3.63, 3.8) is 0 Å². The number of unbranched alkanes of at least 4 members (excludes halogenated alkanes) is 11. The van der Waals surface area contributed by atoms with E-state index < -0.39 is 0 Å². The standard InChI is InChI=1S/C30H53N/c1-4-6-8-10-12-13-15-17-27-18-20-28(21-19-27)29-22-23-30(26(3)25-29)31-24-16-14-11-9-7-5-2/h22-23,25,27-28,31H,4-21,24H2,1-3H3/t27-,28-. The Morgan fingerprint density at radius 2 is 1.29 bits per heavy atom. The zero-order chi connectivity index (χ0) is 22.2. The minimum Gasteiger partial charge on any atom is -0.385 e. The number of benzene rings is 1. The molecule has 0 unspecified atom stereocenters. The topological polar surface area (TPSA) is 12.0 Å². The van der Waals surface area contributed by atoms with E-state index in [1.54, 1.807) is 5.56 Å². The van der Waals surface area contributed by atoms with E-state index >= 15 is 0 Å². The Bertz CT molecular complexity index is 556. The highest BCUT2D eigenvalue weighted by atomic mass is 14.9. The SMILES string of the molecule is CCCCCCCCC[C@H]1CC[C@H](c2ccc(NCCCCCCCC)c(C)c2)CC1. The quantitative estimate of drug-likeness (QED) is 0.244. The largest absolute Gasteiger partial charge is 0.385 e. The third kappa shape index (κ3) is 10.9. The molecule has 1 aromatic rings. The summed E-state index contributed by atoms with van der Waals surface area (Å²) in [5, 5.41) is 3.69. The number of hydrogen-bond donors (Lipinski definition) is 1. The molecule has 1 nitrogen and oxygen atoms in total. The van der Waals surface area contributed by atoms with Crippen LogP contribution in [0.3, 0.4) is 0 Å². The summed E-state index contributed by atoms with van der Waals surface area (Å²) in [6, 6.07) is 7.25. The summed E-state index contributed by atoms with van der Waals surface area (Å²) in [7, 11) is 0. The lowest BCUT2D eigenvalue weighted by Gasteiger charge is -2.29. The normalized spacial score (nSPS) is 18.9. The minimum absolute atomic E-state index is 0.802. The van der Waals surface area contributed by atoms with Gasteiger partial charge in [0.1, 0.15) is 0 Å². The zero-order valence-electron chi connectivity index (χ0n) is 21.3. The van der Waals surface area contributed by atoms with Gasteiger partial charge in [0.2, 0.25) is 0 Å². The van der Waals surface area contributed by atoms with E-state index in [1.165, 1.54) is 127 Å². The van der Waals surface area contributed by atoms with E-state index in [-0.39, 0.29) is 0 Å². The third-order valence-electron chi connectivity index (χ3n) is 7.63. The van der Waals surface area contributed by atoms with Crippen LogP contribution >= 0.6 is 0 Å². The molecule has 1 heteroatoms. The smallest absolute Gasteiger partial charge is 0.0370 e. The van der Waals surface area contributed by atoms with Crippen LogP contribution in [0.5, 0.6) is 0 Å². The van der Waals surface area contributed by atoms with Crippen molar-refractivity contribution in [2.75, 3.05) is 11.9 Å². The molecule has 1 saturated carbocycles. The molecular weight excluding hydrogens is 374 g/mol. The van der Waals surface area contributed by atoms with Gasteiger partial charge in [-0.3, -0.25) is 0 Å². The molecule has 0 heterocycles. The van der Waals surface area contributed by atoms with Gasteiger partial charge in [0, 0.05) is 12.2 Å². The van der Waals surface area contributed by atoms with Gasteiger partial charge in [0.05, 0.1) is 0 Å². The first-order chi connectivity index (χ1) is 15.2. The Balaban J connectivity index is 1.60. The fraction of sp³-hybridized carbons (Fsp3) is 0.800. The van der Waals surface area contributed by atoms with Gasteiger partial charge >= 0.3 is 0 Å². The lowest BCUT2D eigenvalue weighted by atomic mass is 9.76. The molecule has 1 fully saturated rings. The van der Waals surface area contributed by atoms with Crippen LogP contribution in [0.25, 0.3) is 0 Å². The van der Waals surface area contributed by atoms with Crippen molar-refractivity contribution in [1.82, 2.24) is 0 Å². The van der Waals surface area contributed by atoms with Crippen LogP contribution in [0.15, 0.2) is 18.2 Å². The monoisotopic (exact) mass is 427 g/mol. The lowest BCUT2D eigenvalue weighted by molar-refractivity contribution is 0.301. The van der Waals surface area contributed by atoms with Crippen LogP contribution in [0.4, 0.5) is 5.69 Å². The molecular formula is C30H53N. The number of nitrogens with one attached hydrogen (secondary N) is 1. The highest BCUT2D eigenvalue weighted by molar-refractivity contribution is 5.52. The number of anilines is 1. The van der Waals surface area contributed by atoms with Crippen molar-refractivity contribution in [2.45, 2.75) is 142 Å². The van der Waals surface area contributed by atoms with Gasteiger partial charge in [0.25, 0.3) is 0 Å². The molecule has 1 aliphatic rings. The summed E-state index contributed by atoms with van der Waals surface area (Å²) < 4.78 is 0. The maximum absolute atomic E-state index is 3.69. The van der Waals surface area contributed by atoms with E-state index in [1.807, 2.05) is 0 Å². The Hall–Kier alpha value is -0.980. The molecule has 0 aliphatic heterocycles. The molecule has 0 bridgehead atoms. The molecule has 1 N–H and O–H groups in total. The Morgan fingerprint density at radius 1 is 0.710 bits per heavy atom. The van der Waals surface area contributed by atoms with Gasteiger partial charge in [-0.15, -0.1) is 0 Å². The molecule has 1 aliphatic carbocycles. The highest BCUT2D eigenvalue weighted by Gasteiger charge is 2.22. The van der Waals surface area contributed by atoms with E-state index in [0.29, 0.717) is 0 Å². The van der Waals surface area contributed by atoms with Gasteiger partial charge in [-0.25, -0.2) is 0 Å². The van der Waals surface area contributed by atoms with Crippen molar-refractivity contribution < 1.29 is 0 Å². The lowest BCUT2D eigenvalue weighted by Crippen LogP contribution is -2.13. The average Bonchev–Trinajstić information content (AvgIpc) is 2.79. The molecule has 178 valence electrons. The first kappa shape index (κ1) is 26.3. The first-order valence-electron chi connectivity index (χ1n) is 14.1. The molecule has 0 radical (unpaired) electrons. The van der Waals surface area contributed by atoms with Crippen molar-refractivity contribution in [3.05, 3.63) is 29.3 Å². The zero-order valence-corrected chi connectivity index (χ0v) is 21.3. The Kier molecular flexibility index (Phi) is 14.1. The van der Waals surface area contributed by atoms with Gasteiger partial charge in [-0.2, -0.15) is 0 Å². The predicted octanol–water partition coefficient (Wildman–Crippen LogP) is 10.2. The minimum atomic E-state index is 0.802. The van der Waals surface area contributed by atoms with Crippen molar-refractivity contribution in [1.29, 1.82) is 0 Å². The van der Waals surface area contributed by atoms with E-state index in [9.17, 15) is 0 Å². The summed E-state index contributed by atoms with van der Waals surface area (Å²) in [5.41, 5.74) is 4.38. The second-order valence-corrected chi connectivity index (χ2v) is 10.4. The van der Waals surface area contributed by atoms with Gasteiger partial charge in [0.15, 0.2) is 0 Å². The summed E-state index contributed by atoms with van der Waals surface area (Å²) in [4.78, 5) is 0. The highest BCUT2D eigenvalue weighted by Crippen LogP contribution is 2.38. The summed E-state index contributed by atoms with van der Waals surface area (Å²) in [6.07, 6.45) is 25.5. The molecule has 1 aromatic carbocycles. The van der Waals surface area contributed by atoms with Crippen LogP contribution in [0.2, 0.25) is 0 Å². The van der Waals surface area contributed by atoms with Gasteiger partial charge in [-0.05, 0) is 68.1 Å². The number of hydrogen-bond acceptors (Lipinski definition) is 1. The summed E-state index contributed by atoms with van der Waals surface area (Å²) in [6.45, 7) is 8.01. The van der Waals surface area contributed by atoms with Crippen LogP contribution in [0.1, 0.15) is 146 Å². The van der Waals surface area contributed by atoms with Crippen LogP contribution < -0.4 is 5.32 Å².